The van der Waals surface area contributed by atoms with Crippen molar-refractivity contribution in [1.82, 2.24) is 4.90 Å². The van der Waals surface area contributed by atoms with Crippen LogP contribution in [0.1, 0.15) is 51.5 Å². The molecule has 21 heavy (non-hydrogen) atoms. The lowest BCUT2D eigenvalue weighted by Gasteiger charge is -2.30. The third kappa shape index (κ3) is 4.23. The van der Waals surface area contributed by atoms with Crippen molar-refractivity contribution in [2.45, 2.75) is 46.0 Å². The summed E-state index contributed by atoms with van der Waals surface area (Å²) in [5, 5.41) is 0. The maximum absolute atomic E-state index is 12.2. The summed E-state index contributed by atoms with van der Waals surface area (Å²) in [6, 6.07) is 8.06. The molecule has 0 bridgehead atoms. The summed E-state index contributed by atoms with van der Waals surface area (Å²) in [7, 11) is 0. The number of rotatable bonds is 5. The molecule has 1 atom stereocenters. The smallest absolute Gasteiger partial charge is 0.260 e. The fraction of sp³-hybridized carbons (Fsp3) is 0.611. The number of likely N-dealkylation sites (tertiary alicyclic amines) is 1. The Morgan fingerprint density at radius 2 is 2.00 bits per heavy atom. The van der Waals surface area contributed by atoms with E-state index in [0.717, 1.165) is 44.0 Å². The standard InChI is InChI=1S/C18H27NO2/c1-4-15(3)16-7-5-6-8-17(16)21-13-18(20)19-11-9-14(2)10-12-19/h5-8,14-15H,4,9-13H2,1-3H3. The predicted octanol–water partition coefficient (Wildman–Crippen LogP) is 3.84. The Kier molecular flexibility index (Phi) is 5.66. The van der Waals surface area contributed by atoms with Gasteiger partial charge in [-0.1, -0.05) is 39.0 Å². The lowest BCUT2D eigenvalue weighted by molar-refractivity contribution is -0.134. The molecule has 3 heteroatoms. The zero-order valence-corrected chi connectivity index (χ0v) is 13.5. The molecule has 1 aromatic rings. The molecular weight excluding hydrogens is 262 g/mol. The number of nitrogens with zero attached hydrogens (tertiary/aromatic N) is 1. The molecule has 1 aromatic carbocycles. The van der Waals surface area contributed by atoms with Gasteiger partial charge in [0.05, 0.1) is 0 Å². The van der Waals surface area contributed by atoms with Crippen LogP contribution in [0.5, 0.6) is 5.75 Å². The zero-order valence-electron chi connectivity index (χ0n) is 13.5. The van der Waals surface area contributed by atoms with Crippen LogP contribution < -0.4 is 4.74 Å². The van der Waals surface area contributed by atoms with Gasteiger partial charge in [0.25, 0.3) is 5.91 Å². The van der Waals surface area contributed by atoms with E-state index in [9.17, 15) is 4.79 Å². The number of carbonyl (C=O) groups is 1. The van der Waals surface area contributed by atoms with Crippen LogP contribution in [-0.2, 0) is 4.79 Å². The van der Waals surface area contributed by atoms with Crippen molar-refractivity contribution >= 4 is 5.91 Å². The molecule has 0 saturated carbocycles. The fourth-order valence-electron chi connectivity index (χ4n) is 2.73. The van der Waals surface area contributed by atoms with Gasteiger partial charge in [-0.25, -0.2) is 0 Å². The molecule has 1 heterocycles. The molecule has 1 fully saturated rings. The molecule has 1 amide bonds. The Morgan fingerprint density at radius 3 is 2.67 bits per heavy atom. The Bertz CT molecular complexity index is 464. The van der Waals surface area contributed by atoms with Crippen LogP contribution in [0.3, 0.4) is 0 Å². The van der Waals surface area contributed by atoms with Gasteiger partial charge >= 0.3 is 0 Å². The van der Waals surface area contributed by atoms with E-state index in [1.165, 1.54) is 5.56 Å². The molecular formula is C18H27NO2. The summed E-state index contributed by atoms with van der Waals surface area (Å²) in [5.74, 6) is 2.15. The van der Waals surface area contributed by atoms with Crippen LogP contribution in [0.4, 0.5) is 0 Å². The molecule has 3 nitrogen and oxygen atoms in total. The van der Waals surface area contributed by atoms with Crippen LogP contribution >= 0.6 is 0 Å². The molecule has 0 radical (unpaired) electrons. The number of hydrogen-bond donors (Lipinski definition) is 0. The van der Waals surface area contributed by atoms with Crippen molar-refractivity contribution in [2.75, 3.05) is 19.7 Å². The van der Waals surface area contributed by atoms with Gasteiger partial charge in [0.1, 0.15) is 5.75 Å². The first-order valence-corrected chi connectivity index (χ1v) is 8.11. The van der Waals surface area contributed by atoms with Gasteiger partial charge in [-0.05, 0) is 42.7 Å². The van der Waals surface area contributed by atoms with Gasteiger partial charge < -0.3 is 9.64 Å². The monoisotopic (exact) mass is 289 g/mol. The highest BCUT2D eigenvalue weighted by Gasteiger charge is 2.21. The highest BCUT2D eigenvalue weighted by atomic mass is 16.5. The molecule has 0 N–H and O–H groups in total. The molecule has 0 aromatic heterocycles. The van der Waals surface area contributed by atoms with Crippen molar-refractivity contribution in [3.8, 4) is 5.75 Å². The van der Waals surface area contributed by atoms with Crippen molar-refractivity contribution in [3.05, 3.63) is 29.8 Å². The number of para-hydroxylation sites is 1. The van der Waals surface area contributed by atoms with Gasteiger partial charge in [-0.15, -0.1) is 0 Å². The molecule has 1 aliphatic heterocycles. The Balaban J connectivity index is 1.92. The lowest BCUT2D eigenvalue weighted by atomic mass is 9.98. The van der Waals surface area contributed by atoms with Gasteiger partial charge in [-0.2, -0.15) is 0 Å². The van der Waals surface area contributed by atoms with Gasteiger partial charge in [0, 0.05) is 13.1 Å². The van der Waals surface area contributed by atoms with E-state index in [0.29, 0.717) is 5.92 Å². The summed E-state index contributed by atoms with van der Waals surface area (Å²) in [4.78, 5) is 14.2. The first-order chi connectivity index (χ1) is 10.1. The maximum Gasteiger partial charge on any atom is 0.260 e. The summed E-state index contributed by atoms with van der Waals surface area (Å²) >= 11 is 0. The van der Waals surface area contributed by atoms with Gasteiger partial charge in [0.2, 0.25) is 0 Å². The van der Waals surface area contributed by atoms with Crippen molar-refractivity contribution in [3.63, 3.8) is 0 Å². The summed E-state index contributed by atoms with van der Waals surface area (Å²) < 4.78 is 5.81. The van der Waals surface area contributed by atoms with Crippen molar-refractivity contribution in [2.24, 2.45) is 5.92 Å². The molecule has 2 rings (SSSR count). The number of benzene rings is 1. The van der Waals surface area contributed by atoms with E-state index >= 15 is 0 Å². The van der Waals surface area contributed by atoms with Crippen LogP contribution in [0.2, 0.25) is 0 Å². The molecule has 1 aliphatic rings. The summed E-state index contributed by atoms with van der Waals surface area (Å²) in [6.45, 7) is 8.51. The number of piperidine rings is 1. The van der Waals surface area contributed by atoms with E-state index in [-0.39, 0.29) is 12.5 Å². The minimum Gasteiger partial charge on any atom is -0.483 e. The van der Waals surface area contributed by atoms with Crippen LogP contribution in [-0.4, -0.2) is 30.5 Å². The fourth-order valence-corrected chi connectivity index (χ4v) is 2.73. The normalized spacial score (nSPS) is 17.6. The molecule has 116 valence electrons. The van der Waals surface area contributed by atoms with E-state index in [1.54, 1.807) is 0 Å². The number of amides is 1. The first kappa shape index (κ1) is 15.9. The van der Waals surface area contributed by atoms with Gasteiger partial charge in [0.15, 0.2) is 6.61 Å². The van der Waals surface area contributed by atoms with Crippen LogP contribution in [0.15, 0.2) is 24.3 Å². The second-order valence-electron chi connectivity index (χ2n) is 6.20. The van der Waals surface area contributed by atoms with E-state index in [1.807, 2.05) is 23.1 Å². The number of carbonyl (C=O) groups excluding carboxylic acids is 1. The molecule has 1 saturated heterocycles. The largest absolute Gasteiger partial charge is 0.483 e. The quantitative estimate of drug-likeness (QED) is 0.824. The topological polar surface area (TPSA) is 29.5 Å². The van der Waals surface area contributed by atoms with E-state index in [4.69, 9.17) is 4.74 Å². The predicted molar refractivity (Wildman–Crippen MR) is 85.6 cm³/mol. The van der Waals surface area contributed by atoms with Crippen LogP contribution in [0.25, 0.3) is 0 Å². The maximum atomic E-state index is 12.2. The second-order valence-corrected chi connectivity index (χ2v) is 6.20. The Hall–Kier alpha value is -1.51. The van der Waals surface area contributed by atoms with Gasteiger partial charge in [-0.3, -0.25) is 4.79 Å². The minimum atomic E-state index is 0.112. The lowest BCUT2D eigenvalue weighted by Crippen LogP contribution is -2.40. The SMILES string of the molecule is CCC(C)c1ccccc1OCC(=O)N1CCC(C)CC1. The zero-order chi connectivity index (χ0) is 15.2. The third-order valence-electron chi connectivity index (χ3n) is 4.55. The summed E-state index contributed by atoms with van der Waals surface area (Å²) in [5.41, 5.74) is 1.19. The number of ether oxygens (including phenoxy) is 1. The average Bonchev–Trinajstić information content (AvgIpc) is 2.52. The third-order valence-corrected chi connectivity index (χ3v) is 4.55. The highest BCUT2D eigenvalue weighted by Crippen LogP contribution is 2.28. The van der Waals surface area contributed by atoms with Crippen molar-refractivity contribution in [1.29, 1.82) is 0 Å². The van der Waals surface area contributed by atoms with E-state index < -0.39 is 0 Å². The molecule has 1 unspecified atom stereocenters. The minimum absolute atomic E-state index is 0.112. The summed E-state index contributed by atoms with van der Waals surface area (Å²) in [6.07, 6.45) is 3.28. The molecule has 0 aliphatic carbocycles. The average molecular weight is 289 g/mol. The number of hydrogen-bond acceptors (Lipinski definition) is 2. The highest BCUT2D eigenvalue weighted by molar-refractivity contribution is 5.77. The second kappa shape index (κ2) is 7.48. The van der Waals surface area contributed by atoms with E-state index in [2.05, 4.69) is 26.8 Å². The van der Waals surface area contributed by atoms with Crippen LogP contribution in [0, 0.1) is 5.92 Å². The first-order valence-electron chi connectivity index (χ1n) is 8.11. The Labute approximate surface area is 128 Å². The molecule has 0 spiro atoms. The Morgan fingerprint density at radius 1 is 1.33 bits per heavy atom. The van der Waals surface area contributed by atoms with Crippen molar-refractivity contribution < 1.29 is 9.53 Å².